The van der Waals surface area contributed by atoms with Crippen LogP contribution < -0.4 is 5.73 Å². The van der Waals surface area contributed by atoms with Crippen molar-refractivity contribution in [1.29, 1.82) is 0 Å². The second kappa shape index (κ2) is 2.70. The summed E-state index contributed by atoms with van der Waals surface area (Å²) in [7, 11) is 0. The van der Waals surface area contributed by atoms with Gasteiger partial charge in [-0.25, -0.2) is 8.78 Å². The van der Waals surface area contributed by atoms with Gasteiger partial charge in [0.1, 0.15) is 22.9 Å². The number of nitrogens with zero attached hydrogens (tertiary/aromatic N) is 2. The van der Waals surface area contributed by atoms with Crippen LogP contribution in [-0.4, -0.2) is 28.6 Å². The molecule has 2 atom stereocenters. The van der Waals surface area contributed by atoms with Crippen molar-refractivity contribution in [2.75, 3.05) is 0 Å². The van der Waals surface area contributed by atoms with Gasteiger partial charge in [0.2, 0.25) is 0 Å². The molecule has 1 aromatic heterocycles. The van der Waals surface area contributed by atoms with Gasteiger partial charge in [-0.1, -0.05) is 0 Å². The quantitative estimate of drug-likeness (QED) is 0.708. The smallest absolute Gasteiger partial charge is 0.130 e. The Balaban J connectivity index is 2.17. The van der Waals surface area contributed by atoms with Gasteiger partial charge in [-0.15, -0.1) is 21.5 Å². The third kappa shape index (κ3) is 0.947. The summed E-state index contributed by atoms with van der Waals surface area (Å²) >= 11 is 1.16. The molecule has 2 rings (SSSR count). The highest BCUT2D eigenvalue weighted by atomic mass is 32.1. The van der Waals surface area contributed by atoms with Gasteiger partial charge in [-0.3, -0.25) is 0 Å². The minimum atomic E-state index is -1.31. The topological polar surface area (TPSA) is 51.8 Å². The molecule has 0 aliphatic heterocycles. The lowest BCUT2D eigenvalue weighted by atomic mass is 9.77. The highest BCUT2D eigenvalue weighted by Gasteiger charge is 2.52. The first-order valence-corrected chi connectivity index (χ1v) is 4.39. The Morgan fingerprint density at radius 1 is 1.42 bits per heavy atom. The molecule has 1 aliphatic rings. The van der Waals surface area contributed by atoms with Gasteiger partial charge < -0.3 is 5.73 Å². The van der Waals surface area contributed by atoms with Crippen molar-refractivity contribution in [1.82, 2.24) is 10.2 Å². The van der Waals surface area contributed by atoms with Gasteiger partial charge in [0.05, 0.1) is 12.0 Å². The van der Waals surface area contributed by atoms with E-state index in [9.17, 15) is 8.78 Å². The van der Waals surface area contributed by atoms with Crippen LogP contribution >= 0.6 is 11.3 Å². The van der Waals surface area contributed by atoms with Crippen LogP contribution in [0.1, 0.15) is 10.9 Å². The number of hydrogen-bond acceptors (Lipinski definition) is 4. The molecule has 12 heavy (non-hydrogen) atoms. The fourth-order valence-corrected chi connectivity index (χ4v) is 2.00. The van der Waals surface area contributed by atoms with Crippen LogP contribution in [0.25, 0.3) is 0 Å². The fourth-order valence-electron chi connectivity index (χ4n) is 1.28. The van der Waals surface area contributed by atoms with Gasteiger partial charge >= 0.3 is 0 Å². The van der Waals surface area contributed by atoms with Crippen LogP contribution in [-0.2, 0) is 0 Å². The third-order valence-electron chi connectivity index (χ3n) is 2.08. The van der Waals surface area contributed by atoms with E-state index in [1.165, 1.54) is 5.51 Å². The Hall–Kier alpha value is -0.620. The van der Waals surface area contributed by atoms with E-state index in [0.29, 0.717) is 5.01 Å². The number of alkyl halides is 2. The maximum absolute atomic E-state index is 13.0. The number of halogens is 2. The Kier molecular flexibility index (Phi) is 1.80. The Bertz CT molecular complexity index is 256. The molecule has 2 N–H and O–H groups in total. The summed E-state index contributed by atoms with van der Waals surface area (Å²) in [5.74, 6) is -0.785. The van der Waals surface area contributed by atoms with Crippen LogP contribution in [0.3, 0.4) is 0 Å². The Labute approximate surface area is 71.6 Å². The second-order valence-electron chi connectivity index (χ2n) is 2.77. The molecule has 0 aromatic carbocycles. The number of rotatable bonds is 1. The molecule has 0 radical (unpaired) electrons. The molecule has 1 heterocycles. The zero-order valence-electron chi connectivity index (χ0n) is 6.02. The normalized spacial score (nSPS) is 40.9. The van der Waals surface area contributed by atoms with Gasteiger partial charge in [-0.05, 0) is 0 Å². The van der Waals surface area contributed by atoms with Crippen LogP contribution in [0.15, 0.2) is 5.51 Å². The fraction of sp³-hybridized carbons (Fsp3) is 0.667. The van der Waals surface area contributed by atoms with Gasteiger partial charge in [0.15, 0.2) is 0 Å². The summed E-state index contributed by atoms with van der Waals surface area (Å²) in [6.07, 6.45) is -2.62. The SMILES string of the molecule is NC1C(F)C(c2nncs2)C1F. The lowest BCUT2D eigenvalue weighted by molar-refractivity contribution is 0.0261. The Morgan fingerprint density at radius 3 is 2.58 bits per heavy atom. The first-order valence-electron chi connectivity index (χ1n) is 3.51. The molecule has 0 spiro atoms. The van der Waals surface area contributed by atoms with Crippen molar-refractivity contribution < 1.29 is 8.78 Å². The first kappa shape index (κ1) is 8.00. The summed E-state index contributed by atoms with van der Waals surface area (Å²) in [5, 5.41) is 7.52. The number of nitrogens with two attached hydrogens (primary N) is 1. The highest BCUT2D eigenvalue weighted by molar-refractivity contribution is 7.09. The van der Waals surface area contributed by atoms with E-state index in [-0.39, 0.29) is 0 Å². The molecule has 2 unspecified atom stereocenters. The highest BCUT2D eigenvalue weighted by Crippen LogP contribution is 2.41. The zero-order chi connectivity index (χ0) is 8.72. The average Bonchev–Trinajstić information content (AvgIpc) is 2.57. The molecule has 1 fully saturated rings. The van der Waals surface area contributed by atoms with Crippen molar-refractivity contribution in [3.63, 3.8) is 0 Å². The summed E-state index contributed by atoms with van der Waals surface area (Å²) in [5.41, 5.74) is 6.63. The van der Waals surface area contributed by atoms with Crippen LogP contribution in [0.4, 0.5) is 8.78 Å². The molecule has 0 bridgehead atoms. The Morgan fingerprint density at radius 2 is 2.08 bits per heavy atom. The van der Waals surface area contributed by atoms with E-state index < -0.39 is 24.3 Å². The first-order chi connectivity index (χ1) is 5.72. The molecule has 0 amide bonds. The van der Waals surface area contributed by atoms with E-state index in [4.69, 9.17) is 5.73 Å². The van der Waals surface area contributed by atoms with Crippen molar-refractivity contribution in [2.45, 2.75) is 24.3 Å². The number of aromatic nitrogens is 2. The second-order valence-corrected chi connectivity index (χ2v) is 3.63. The van der Waals surface area contributed by atoms with E-state index in [1.54, 1.807) is 0 Å². The third-order valence-corrected chi connectivity index (χ3v) is 2.88. The summed E-state index contributed by atoms with van der Waals surface area (Å²) < 4.78 is 25.9. The minimum Gasteiger partial charge on any atom is -0.323 e. The van der Waals surface area contributed by atoms with Gasteiger partial charge in [-0.2, -0.15) is 0 Å². The minimum absolute atomic E-state index is 0.400. The van der Waals surface area contributed by atoms with E-state index in [0.717, 1.165) is 11.3 Å². The van der Waals surface area contributed by atoms with Crippen molar-refractivity contribution >= 4 is 11.3 Å². The van der Waals surface area contributed by atoms with Crippen molar-refractivity contribution in [3.05, 3.63) is 10.5 Å². The molecule has 1 saturated carbocycles. The summed E-state index contributed by atoms with van der Waals surface area (Å²) in [6.45, 7) is 0. The summed E-state index contributed by atoms with van der Waals surface area (Å²) in [4.78, 5) is 0. The zero-order valence-corrected chi connectivity index (χ0v) is 6.84. The monoisotopic (exact) mass is 191 g/mol. The standard InChI is InChI=1S/C6H7F2N3S/c7-3-2(4(8)5(3)9)6-11-10-1-12-6/h1-5H,9H2. The lowest BCUT2D eigenvalue weighted by Crippen LogP contribution is -2.58. The van der Waals surface area contributed by atoms with E-state index in [1.807, 2.05) is 0 Å². The molecule has 1 aliphatic carbocycles. The molecular formula is C6H7F2N3S. The molecular weight excluding hydrogens is 184 g/mol. The van der Waals surface area contributed by atoms with Crippen LogP contribution in [0.2, 0.25) is 0 Å². The maximum atomic E-state index is 13.0. The lowest BCUT2D eigenvalue weighted by Gasteiger charge is -2.39. The summed E-state index contributed by atoms with van der Waals surface area (Å²) in [6, 6.07) is -0.987. The maximum Gasteiger partial charge on any atom is 0.130 e. The molecule has 66 valence electrons. The largest absolute Gasteiger partial charge is 0.323 e. The van der Waals surface area contributed by atoms with Crippen molar-refractivity contribution in [2.24, 2.45) is 5.73 Å². The van der Waals surface area contributed by atoms with E-state index >= 15 is 0 Å². The van der Waals surface area contributed by atoms with Gasteiger partial charge in [0.25, 0.3) is 0 Å². The van der Waals surface area contributed by atoms with Gasteiger partial charge in [0, 0.05) is 0 Å². The van der Waals surface area contributed by atoms with Crippen LogP contribution in [0.5, 0.6) is 0 Å². The van der Waals surface area contributed by atoms with E-state index in [2.05, 4.69) is 10.2 Å². The number of hydrogen-bond donors (Lipinski definition) is 1. The predicted octanol–water partition coefficient (Wildman–Crippen LogP) is 0.639. The van der Waals surface area contributed by atoms with Crippen LogP contribution in [0, 0.1) is 0 Å². The predicted molar refractivity (Wildman–Crippen MR) is 40.4 cm³/mol. The molecule has 3 nitrogen and oxygen atoms in total. The average molecular weight is 191 g/mol. The molecule has 1 aromatic rings. The molecule has 0 saturated heterocycles. The molecule has 6 heteroatoms. The van der Waals surface area contributed by atoms with Crippen molar-refractivity contribution in [3.8, 4) is 0 Å².